The summed E-state index contributed by atoms with van der Waals surface area (Å²) >= 11 is 0. The predicted molar refractivity (Wildman–Crippen MR) is 79.6 cm³/mol. The molecular weight excluding hydrogens is 337 g/mol. The molecule has 2 unspecified atom stereocenters. The van der Waals surface area contributed by atoms with Crippen molar-refractivity contribution >= 4 is 18.3 Å². The zero-order valence-corrected chi connectivity index (χ0v) is 12.9. The lowest BCUT2D eigenvalue weighted by Gasteiger charge is -2.19. The zero-order chi connectivity index (χ0) is 16.2. The Bertz CT molecular complexity index is 510. The van der Waals surface area contributed by atoms with E-state index in [1.807, 2.05) is 0 Å². The van der Waals surface area contributed by atoms with Gasteiger partial charge in [-0.15, -0.1) is 12.4 Å². The van der Waals surface area contributed by atoms with Gasteiger partial charge < -0.3 is 20.5 Å². The van der Waals surface area contributed by atoms with Gasteiger partial charge in [0.05, 0.1) is 6.10 Å². The maximum atomic E-state index is 14.1. The van der Waals surface area contributed by atoms with E-state index in [0.29, 0.717) is 12.1 Å². The largest absolute Gasteiger partial charge is 0.435 e. The molecule has 1 aromatic rings. The molecule has 1 amide bonds. The van der Waals surface area contributed by atoms with Crippen LogP contribution in [0, 0.1) is 0 Å². The molecule has 0 aliphatic carbocycles. The maximum Gasteiger partial charge on any atom is 0.387 e. The van der Waals surface area contributed by atoms with Crippen LogP contribution in [0.3, 0.4) is 0 Å². The van der Waals surface area contributed by atoms with E-state index < -0.39 is 24.3 Å². The van der Waals surface area contributed by atoms with E-state index in [9.17, 15) is 23.1 Å². The van der Waals surface area contributed by atoms with Gasteiger partial charge in [0.1, 0.15) is 5.75 Å². The summed E-state index contributed by atoms with van der Waals surface area (Å²) in [7, 11) is 0. The fourth-order valence-corrected chi connectivity index (χ4v) is 2.19. The number of rotatable bonds is 6. The van der Waals surface area contributed by atoms with Crippen molar-refractivity contribution in [2.75, 3.05) is 19.6 Å². The SMILES string of the molecule is Cl.O=C(NCC(O)c1ccc(OC(F)F)cc1)C1(F)CCNC1. The smallest absolute Gasteiger partial charge is 0.387 e. The fraction of sp³-hybridized carbons (Fsp3) is 0.500. The number of carbonyl (C=O) groups excluding carboxylic acids is 1. The van der Waals surface area contributed by atoms with E-state index >= 15 is 0 Å². The van der Waals surface area contributed by atoms with Gasteiger partial charge in [-0.2, -0.15) is 8.78 Å². The third-order valence-corrected chi connectivity index (χ3v) is 3.46. The highest BCUT2D eigenvalue weighted by Crippen LogP contribution is 2.21. The summed E-state index contributed by atoms with van der Waals surface area (Å²) in [6.45, 7) is -2.71. The molecule has 9 heteroatoms. The predicted octanol–water partition coefficient (Wildman–Crippen LogP) is 1.56. The van der Waals surface area contributed by atoms with Crippen LogP contribution < -0.4 is 15.4 Å². The summed E-state index contributed by atoms with van der Waals surface area (Å²) in [6.07, 6.45) is -0.975. The number of carbonyl (C=O) groups is 1. The highest BCUT2D eigenvalue weighted by molar-refractivity contribution is 5.86. The Kier molecular flexibility index (Phi) is 7.11. The Balaban J connectivity index is 0.00000264. The molecule has 3 N–H and O–H groups in total. The third-order valence-electron chi connectivity index (χ3n) is 3.46. The number of aliphatic hydroxyl groups is 1. The van der Waals surface area contributed by atoms with E-state index in [1.54, 1.807) is 0 Å². The molecule has 5 nitrogen and oxygen atoms in total. The molecule has 1 heterocycles. The van der Waals surface area contributed by atoms with Crippen LogP contribution >= 0.6 is 12.4 Å². The maximum absolute atomic E-state index is 14.1. The highest BCUT2D eigenvalue weighted by atomic mass is 35.5. The summed E-state index contributed by atoms with van der Waals surface area (Å²) < 4.78 is 42.3. The Labute approximate surface area is 137 Å². The summed E-state index contributed by atoms with van der Waals surface area (Å²) in [5.74, 6) is -0.802. The van der Waals surface area contributed by atoms with Crippen LogP contribution in [-0.4, -0.2) is 42.9 Å². The molecule has 0 saturated carbocycles. The molecule has 0 spiro atoms. The number of ether oxygens (including phenoxy) is 1. The molecule has 1 aliphatic heterocycles. The monoisotopic (exact) mass is 354 g/mol. The minimum atomic E-state index is -2.92. The quantitative estimate of drug-likeness (QED) is 0.725. The summed E-state index contributed by atoms with van der Waals surface area (Å²) in [6, 6.07) is 5.36. The van der Waals surface area contributed by atoms with Crippen LogP contribution in [0.1, 0.15) is 18.1 Å². The second-order valence-corrected chi connectivity index (χ2v) is 5.07. The van der Waals surface area contributed by atoms with E-state index in [0.717, 1.165) is 0 Å². The average Bonchev–Trinajstić information content (AvgIpc) is 2.92. The molecule has 23 heavy (non-hydrogen) atoms. The lowest BCUT2D eigenvalue weighted by atomic mass is 10.0. The van der Waals surface area contributed by atoms with Gasteiger partial charge in [-0.05, 0) is 24.2 Å². The van der Waals surface area contributed by atoms with Gasteiger partial charge in [-0.1, -0.05) is 12.1 Å². The number of benzene rings is 1. The van der Waals surface area contributed by atoms with Crippen LogP contribution in [0.15, 0.2) is 24.3 Å². The van der Waals surface area contributed by atoms with Gasteiger partial charge in [-0.25, -0.2) is 4.39 Å². The van der Waals surface area contributed by atoms with Crippen molar-refractivity contribution in [3.8, 4) is 5.75 Å². The van der Waals surface area contributed by atoms with Crippen molar-refractivity contribution in [2.24, 2.45) is 0 Å². The zero-order valence-electron chi connectivity index (χ0n) is 12.1. The summed E-state index contributed by atoms with van der Waals surface area (Å²) in [5.41, 5.74) is -1.55. The van der Waals surface area contributed by atoms with Gasteiger partial charge in [0, 0.05) is 19.5 Å². The number of alkyl halides is 3. The van der Waals surface area contributed by atoms with Crippen LogP contribution in [0.25, 0.3) is 0 Å². The minimum absolute atomic E-state index is 0. The van der Waals surface area contributed by atoms with Crippen molar-refractivity contribution in [1.29, 1.82) is 0 Å². The van der Waals surface area contributed by atoms with Crippen molar-refractivity contribution in [2.45, 2.75) is 24.8 Å². The number of halogens is 4. The Morgan fingerprint density at radius 1 is 1.39 bits per heavy atom. The van der Waals surface area contributed by atoms with Crippen molar-refractivity contribution in [1.82, 2.24) is 10.6 Å². The number of nitrogens with one attached hydrogen (secondary N) is 2. The molecule has 1 fully saturated rings. The van der Waals surface area contributed by atoms with E-state index in [4.69, 9.17) is 0 Å². The number of aliphatic hydroxyl groups excluding tert-OH is 1. The fourth-order valence-electron chi connectivity index (χ4n) is 2.19. The first-order valence-electron chi connectivity index (χ1n) is 6.81. The summed E-state index contributed by atoms with van der Waals surface area (Å²) in [4.78, 5) is 11.7. The normalized spacial score (nSPS) is 21.6. The van der Waals surface area contributed by atoms with Gasteiger partial charge in [0.2, 0.25) is 5.67 Å². The number of hydrogen-bond donors (Lipinski definition) is 3. The molecule has 0 aromatic heterocycles. The molecule has 1 aromatic carbocycles. The van der Waals surface area contributed by atoms with Gasteiger partial charge in [0.25, 0.3) is 5.91 Å². The second kappa shape index (κ2) is 8.37. The third kappa shape index (κ3) is 5.26. The Hall–Kier alpha value is -1.51. The van der Waals surface area contributed by atoms with E-state index in [2.05, 4.69) is 15.4 Å². The van der Waals surface area contributed by atoms with Gasteiger partial charge >= 0.3 is 6.61 Å². The van der Waals surface area contributed by atoms with Crippen molar-refractivity contribution in [3.05, 3.63) is 29.8 Å². The Morgan fingerprint density at radius 3 is 2.57 bits per heavy atom. The first-order valence-corrected chi connectivity index (χ1v) is 6.81. The molecule has 2 atom stereocenters. The van der Waals surface area contributed by atoms with Crippen LogP contribution in [0.2, 0.25) is 0 Å². The van der Waals surface area contributed by atoms with Crippen molar-refractivity contribution < 1.29 is 27.8 Å². The molecule has 130 valence electrons. The molecule has 1 aliphatic rings. The Morgan fingerprint density at radius 2 is 2.04 bits per heavy atom. The molecule has 1 saturated heterocycles. The van der Waals surface area contributed by atoms with Gasteiger partial charge in [-0.3, -0.25) is 4.79 Å². The van der Waals surface area contributed by atoms with E-state index in [-0.39, 0.29) is 37.7 Å². The molecule has 2 rings (SSSR count). The topological polar surface area (TPSA) is 70.6 Å². The van der Waals surface area contributed by atoms with Crippen LogP contribution in [0.5, 0.6) is 5.75 Å². The van der Waals surface area contributed by atoms with Crippen LogP contribution in [0.4, 0.5) is 13.2 Å². The first kappa shape index (κ1) is 19.5. The molecule has 0 radical (unpaired) electrons. The van der Waals surface area contributed by atoms with Crippen LogP contribution in [-0.2, 0) is 4.79 Å². The van der Waals surface area contributed by atoms with E-state index in [1.165, 1.54) is 24.3 Å². The van der Waals surface area contributed by atoms with Crippen molar-refractivity contribution in [3.63, 3.8) is 0 Å². The molecule has 0 bridgehead atoms. The lowest BCUT2D eigenvalue weighted by Crippen LogP contribution is -2.46. The van der Waals surface area contributed by atoms with Gasteiger partial charge in [0.15, 0.2) is 0 Å². The lowest BCUT2D eigenvalue weighted by molar-refractivity contribution is -0.132. The highest BCUT2D eigenvalue weighted by Gasteiger charge is 2.41. The second-order valence-electron chi connectivity index (χ2n) is 5.07. The minimum Gasteiger partial charge on any atom is -0.435 e. The number of amides is 1. The summed E-state index contributed by atoms with van der Waals surface area (Å²) in [5, 5.41) is 15.0. The molecular formula is C14H18ClF3N2O3. The average molecular weight is 355 g/mol. The standard InChI is InChI=1S/C14H17F3N2O3.ClH/c15-13(16)22-10-3-1-9(2-4-10)11(20)7-19-12(21)14(17)5-6-18-8-14;/h1-4,11,13,18,20H,5-8H2,(H,19,21);1H. The first-order chi connectivity index (χ1) is 10.4. The number of hydrogen-bond acceptors (Lipinski definition) is 4.